The van der Waals surface area contributed by atoms with Gasteiger partial charge in [0.1, 0.15) is 4.90 Å². The smallest absolute Gasteiger partial charge is 0.258 e. The van der Waals surface area contributed by atoms with Gasteiger partial charge in [0, 0.05) is 19.1 Å². The average molecular weight is 310 g/mol. The second kappa shape index (κ2) is 5.36. The Balaban J connectivity index is 2.02. The van der Waals surface area contributed by atoms with Crippen LogP contribution in [0.2, 0.25) is 0 Å². The molecule has 2 aromatic rings. The molecule has 8 heteroatoms. The van der Waals surface area contributed by atoms with Gasteiger partial charge in [0.2, 0.25) is 10.0 Å². The molecule has 3 heterocycles. The number of fused-ring (bicyclic) bond motifs is 1. The number of rotatable bonds is 3. The van der Waals surface area contributed by atoms with Crippen molar-refractivity contribution < 1.29 is 12.9 Å². The summed E-state index contributed by atoms with van der Waals surface area (Å²) < 4.78 is 31.9. The summed E-state index contributed by atoms with van der Waals surface area (Å²) >= 11 is 0. The first-order chi connectivity index (χ1) is 10.0. The number of piperidine rings is 1. The van der Waals surface area contributed by atoms with Gasteiger partial charge in [-0.1, -0.05) is 12.1 Å². The zero-order chi connectivity index (χ0) is 15.0. The van der Waals surface area contributed by atoms with Crippen molar-refractivity contribution in [3.8, 4) is 0 Å². The molecule has 1 aliphatic rings. The first-order valence-corrected chi connectivity index (χ1v) is 8.46. The predicted octanol–water partition coefficient (Wildman–Crippen LogP) is 0.897. The molecule has 0 spiro atoms. The van der Waals surface area contributed by atoms with E-state index in [-0.39, 0.29) is 10.9 Å². The largest absolute Gasteiger partial charge is 0.336 e. The molecule has 0 unspecified atom stereocenters. The molecule has 114 valence electrons. The fraction of sp³-hybridized carbons (Fsp3) is 0.538. The molecule has 1 fully saturated rings. The van der Waals surface area contributed by atoms with E-state index in [2.05, 4.69) is 10.1 Å². The molecular formula is C13H18N4O3S. The number of hydrogen-bond donors (Lipinski definition) is 1. The van der Waals surface area contributed by atoms with Crippen molar-refractivity contribution in [3.05, 3.63) is 18.0 Å². The van der Waals surface area contributed by atoms with Gasteiger partial charge in [-0.25, -0.2) is 13.4 Å². The monoisotopic (exact) mass is 310 g/mol. The minimum Gasteiger partial charge on any atom is -0.336 e. The highest BCUT2D eigenvalue weighted by Crippen LogP contribution is 2.24. The van der Waals surface area contributed by atoms with Crippen LogP contribution in [0, 0.1) is 0 Å². The van der Waals surface area contributed by atoms with Crippen LogP contribution in [0.1, 0.15) is 25.5 Å². The fourth-order valence-corrected chi connectivity index (χ4v) is 4.11. The standard InChI is InChI=1S/C13H18N4O3S/c1-2-12-11-6-10(7-15-13(11)20-16-12)21(18,19)17-5-3-4-9(14)8-17/h6-7,9H,2-5,8,14H2,1H3/t9-/m1/s1. The van der Waals surface area contributed by atoms with Crippen LogP contribution in [-0.4, -0.2) is 42.0 Å². The Bertz CT molecular complexity index is 756. The predicted molar refractivity (Wildman–Crippen MR) is 77.2 cm³/mol. The van der Waals surface area contributed by atoms with Crippen molar-refractivity contribution >= 4 is 21.1 Å². The van der Waals surface area contributed by atoms with E-state index in [1.54, 1.807) is 6.07 Å². The zero-order valence-electron chi connectivity index (χ0n) is 11.8. The number of hydrogen-bond acceptors (Lipinski definition) is 6. The number of aryl methyl sites for hydroxylation is 1. The Labute approximate surface area is 123 Å². The number of nitrogens with two attached hydrogens (primary N) is 1. The van der Waals surface area contributed by atoms with Crippen LogP contribution in [0.5, 0.6) is 0 Å². The van der Waals surface area contributed by atoms with Gasteiger partial charge in [0.25, 0.3) is 5.71 Å². The molecule has 1 saturated heterocycles. The molecule has 2 aromatic heterocycles. The summed E-state index contributed by atoms with van der Waals surface area (Å²) in [5, 5.41) is 4.55. The van der Waals surface area contributed by atoms with E-state index < -0.39 is 10.0 Å². The van der Waals surface area contributed by atoms with Crippen LogP contribution in [0.25, 0.3) is 11.1 Å². The van der Waals surface area contributed by atoms with Gasteiger partial charge in [0.05, 0.1) is 17.3 Å². The fourth-order valence-electron chi connectivity index (χ4n) is 2.60. The highest BCUT2D eigenvalue weighted by molar-refractivity contribution is 7.89. The Morgan fingerprint density at radius 3 is 3.05 bits per heavy atom. The minimum atomic E-state index is -3.57. The van der Waals surface area contributed by atoms with Gasteiger partial charge in [-0.3, -0.25) is 0 Å². The van der Waals surface area contributed by atoms with E-state index in [9.17, 15) is 8.42 Å². The maximum Gasteiger partial charge on any atom is 0.258 e. The van der Waals surface area contributed by atoms with E-state index in [1.807, 2.05) is 6.92 Å². The normalized spacial score (nSPS) is 21.0. The van der Waals surface area contributed by atoms with Gasteiger partial charge >= 0.3 is 0 Å². The first kappa shape index (κ1) is 14.4. The molecule has 3 rings (SSSR count). The lowest BCUT2D eigenvalue weighted by molar-refractivity contribution is 0.316. The summed E-state index contributed by atoms with van der Waals surface area (Å²) in [6, 6.07) is 1.49. The second-order valence-electron chi connectivity index (χ2n) is 5.27. The Morgan fingerprint density at radius 2 is 2.33 bits per heavy atom. The molecule has 0 aliphatic carbocycles. The third kappa shape index (κ3) is 2.54. The number of aromatic nitrogens is 2. The molecule has 0 amide bonds. The molecular weight excluding hydrogens is 292 g/mol. The van der Waals surface area contributed by atoms with Crippen LogP contribution in [0.4, 0.5) is 0 Å². The third-order valence-electron chi connectivity index (χ3n) is 3.77. The van der Waals surface area contributed by atoms with E-state index in [4.69, 9.17) is 10.3 Å². The lowest BCUT2D eigenvalue weighted by atomic mass is 10.1. The maximum atomic E-state index is 12.7. The summed E-state index contributed by atoms with van der Waals surface area (Å²) in [7, 11) is -3.57. The van der Waals surface area contributed by atoms with Gasteiger partial charge in [-0.05, 0) is 25.3 Å². The first-order valence-electron chi connectivity index (χ1n) is 7.02. The number of pyridine rings is 1. The minimum absolute atomic E-state index is 0.105. The summed E-state index contributed by atoms with van der Waals surface area (Å²) in [5.74, 6) is 0. The lowest BCUT2D eigenvalue weighted by Gasteiger charge is -2.29. The van der Waals surface area contributed by atoms with Gasteiger partial charge in [-0.2, -0.15) is 4.31 Å². The highest BCUT2D eigenvalue weighted by Gasteiger charge is 2.29. The van der Waals surface area contributed by atoms with E-state index in [0.717, 1.165) is 12.8 Å². The Morgan fingerprint density at radius 1 is 1.52 bits per heavy atom. The summed E-state index contributed by atoms with van der Waals surface area (Å²) in [6.45, 7) is 2.78. The molecule has 1 atom stereocenters. The van der Waals surface area contributed by atoms with E-state index in [0.29, 0.717) is 36.3 Å². The van der Waals surface area contributed by atoms with Crippen molar-refractivity contribution in [2.45, 2.75) is 37.1 Å². The molecule has 2 N–H and O–H groups in total. The van der Waals surface area contributed by atoms with E-state index >= 15 is 0 Å². The molecule has 0 radical (unpaired) electrons. The van der Waals surface area contributed by atoms with Crippen molar-refractivity contribution in [2.75, 3.05) is 13.1 Å². The SMILES string of the molecule is CCc1noc2ncc(S(=O)(=O)N3CCC[C@@H](N)C3)cc12. The van der Waals surface area contributed by atoms with E-state index in [1.165, 1.54) is 10.5 Å². The third-order valence-corrected chi connectivity index (χ3v) is 5.60. The molecule has 0 aromatic carbocycles. The van der Waals surface area contributed by atoms with Crippen LogP contribution in [0.3, 0.4) is 0 Å². The summed E-state index contributed by atoms with van der Waals surface area (Å²) in [5.41, 5.74) is 6.95. The van der Waals surface area contributed by atoms with Crippen molar-refractivity contribution in [2.24, 2.45) is 5.73 Å². The molecule has 21 heavy (non-hydrogen) atoms. The molecule has 7 nitrogen and oxygen atoms in total. The average Bonchev–Trinajstić information content (AvgIpc) is 2.89. The van der Waals surface area contributed by atoms with Gasteiger partial charge in [0.15, 0.2) is 0 Å². The highest BCUT2D eigenvalue weighted by atomic mass is 32.2. The quantitative estimate of drug-likeness (QED) is 0.903. The lowest BCUT2D eigenvalue weighted by Crippen LogP contribution is -2.45. The second-order valence-corrected chi connectivity index (χ2v) is 7.21. The molecule has 0 saturated carbocycles. The van der Waals surface area contributed by atoms with Crippen LogP contribution >= 0.6 is 0 Å². The van der Waals surface area contributed by atoms with Crippen molar-refractivity contribution in [1.82, 2.24) is 14.4 Å². The number of sulfonamides is 1. The van der Waals surface area contributed by atoms with Crippen molar-refractivity contribution in [3.63, 3.8) is 0 Å². The van der Waals surface area contributed by atoms with Gasteiger partial charge in [-0.15, -0.1) is 0 Å². The van der Waals surface area contributed by atoms with Crippen LogP contribution in [0.15, 0.2) is 21.7 Å². The Kier molecular flexibility index (Phi) is 3.68. The maximum absolute atomic E-state index is 12.7. The van der Waals surface area contributed by atoms with Gasteiger partial charge < -0.3 is 10.3 Å². The molecule has 1 aliphatic heterocycles. The van der Waals surface area contributed by atoms with Crippen LogP contribution < -0.4 is 5.73 Å². The summed E-state index contributed by atoms with van der Waals surface area (Å²) in [6.07, 6.45) is 3.62. The summed E-state index contributed by atoms with van der Waals surface area (Å²) in [4.78, 5) is 4.23. The Hall–Kier alpha value is -1.51. The zero-order valence-corrected chi connectivity index (χ0v) is 12.6. The van der Waals surface area contributed by atoms with Crippen molar-refractivity contribution in [1.29, 1.82) is 0 Å². The number of nitrogens with zero attached hydrogens (tertiary/aromatic N) is 3. The van der Waals surface area contributed by atoms with Crippen LogP contribution in [-0.2, 0) is 16.4 Å². The molecule has 0 bridgehead atoms. The topological polar surface area (TPSA) is 102 Å².